The number of hydrogen-bond acceptors (Lipinski definition) is 7. The van der Waals surface area contributed by atoms with E-state index in [4.69, 9.17) is 14.2 Å². The minimum absolute atomic E-state index is 0.0430. The van der Waals surface area contributed by atoms with Crippen molar-refractivity contribution in [3.8, 4) is 21.9 Å². The third-order valence-corrected chi connectivity index (χ3v) is 10.9. The van der Waals surface area contributed by atoms with Crippen LogP contribution in [0.5, 0.6) is 11.5 Å². The molecule has 3 aliphatic rings. The lowest BCUT2D eigenvalue weighted by Gasteiger charge is -2.41. The molecule has 3 heterocycles. The van der Waals surface area contributed by atoms with Gasteiger partial charge in [-0.3, -0.25) is 14.6 Å². The smallest absolute Gasteiger partial charge is 0.195 e. The molecule has 1 aromatic heterocycles. The fourth-order valence-corrected chi connectivity index (χ4v) is 8.48. The van der Waals surface area contributed by atoms with Gasteiger partial charge in [0.15, 0.2) is 5.78 Å². The number of ether oxygens (including phenoxy) is 3. The molecule has 7 heteroatoms. The lowest BCUT2D eigenvalue weighted by Crippen LogP contribution is -2.52. The van der Waals surface area contributed by atoms with Crippen LogP contribution >= 0.6 is 11.3 Å². The van der Waals surface area contributed by atoms with E-state index < -0.39 is 0 Å². The first-order chi connectivity index (χ1) is 22.1. The number of hydrogen-bond donors (Lipinski definition) is 0. The number of ketones is 1. The van der Waals surface area contributed by atoms with Crippen molar-refractivity contribution in [2.24, 2.45) is 0 Å². The fourth-order valence-electron chi connectivity index (χ4n) is 7.18. The molecule has 2 atom stereocenters. The monoisotopic (exact) mass is 624 g/mol. The molecule has 7 rings (SSSR count). The third kappa shape index (κ3) is 6.97. The van der Waals surface area contributed by atoms with E-state index >= 15 is 0 Å². The van der Waals surface area contributed by atoms with Gasteiger partial charge in [-0.1, -0.05) is 18.6 Å². The number of rotatable bonds is 10. The first kappa shape index (κ1) is 30.4. The highest BCUT2D eigenvalue weighted by Gasteiger charge is 2.32. The molecule has 0 N–H and O–H groups in total. The highest BCUT2D eigenvalue weighted by atomic mass is 32.1. The molecule has 0 spiro atoms. The average molecular weight is 625 g/mol. The van der Waals surface area contributed by atoms with E-state index in [2.05, 4.69) is 47.1 Å². The van der Waals surface area contributed by atoms with Crippen molar-refractivity contribution in [3.05, 3.63) is 83.4 Å². The Morgan fingerprint density at radius 1 is 0.867 bits per heavy atom. The fraction of sp³-hybridized carbons (Fsp3) is 0.447. The number of nitrogens with zero attached hydrogens (tertiary/aromatic N) is 2. The summed E-state index contributed by atoms with van der Waals surface area (Å²) in [6.07, 6.45) is 7.43. The van der Waals surface area contributed by atoms with Crippen molar-refractivity contribution in [2.45, 2.75) is 57.6 Å². The van der Waals surface area contributed by atoms with E-state index in [-0.39, 0.29) is 11.9 Å². The normalized spacial score (nSPS) is 21.3. The van der Waals surface area contributed by atoms with Gasteiger partial charge in [0.1, 0.15) is 24.2 Å². The molecule has 0 bridgehead atoms. The topological polar surface area (TPSA) is 51.2 Å². The summed E-state index contributed by atoms with van der Waals surface area (Å²) in [6, 6.07) is 22.9. The Bertz CT molecular complexity index is 1590. The maximum Gasteiger partial charge on any atom is 0.195 e. The second-order valence-electron chi connectivity index (χ2n) is 12.7. The van der Waals surface area contributed by atoms with Crippen LogP contribution in [0.15, 0.2) is 66.7 Å². The summed E-state index contributed by atoms with van der Waals surface area (Å²) in [4.78, 5) is 20.2. The number of aryl methyl sites for hydroxylation is 1. The number of benzene rings is 3. The van der Waals surface area contributed by atoms with Gasteiger partial charge in [-0.2, -0.15) is 0 Å². The average Bonchev–Trinajstić information content (AvgIpc) is 3.74. The highest BCUT2D eigenvalue weighted by molar-refractivity contribution is 7.22. The molecule has 6 nitrogen and oxygen atoms in total. The van der Waals surface area contributed by atoms with Crippen molar-refractivity contribution < 1.29 is 19.0 Å². The Balaban J connectivity index is 1.09. The molecule has 0 amide bonds. The second-order valence-corrected chi connectivity index (χ2v) is 13.8. The molecule has 4 aromatic rings. The molecule has 3 fully saturated rings. The van der Waals surface area contributed by atoms with Gasteiger partial charge in [0.25, 0.3) is 0 Å². The van der Waals surface area contributed by atoms with Gasteiger partial charge in [0.05, 0.1) is 13.2 Å². The molecule has 1 saturated carbocycles. The zero-order valence-electron chi connectivity index (χ0n) is 26.3. The molecule has 236 valence electrons. The second kappa shape index (κ2) is 14.0. The van der Waals surface area contributed by atoms with E-state index in [1.54, 1.807) is 11.3 Å². The van der Waals surface area contributed by atoms with Crippen LogP contribution in [-0.4, -0.2) is 80.3 Å². The number of thiophene rings is 1. The molecule has 2 aliphatic heterocycles. The summed E-state index contributed by atoms with van der Waals surface area (Å²) in [5.41, 5.74) is 3.68. The lowest BCUT2D eigenvalue weighted by atomic mass is 9.91. The molecule has 2 unspecified atom stereocenters. The van der Waals surface area contributed by atoms with Crippen LogP contribution in [0.4, 0.5) is 0 Å². The van der Waals surface area contributed by atoms with Crippen molar-refractivity contribution in [1.29, 1.82) is 0 Å². The molecule has 0 radical (unpaired) electrons. The SMILES string of the molecule is Cc1ccc2c(C(=O)c3ccc(OC4CCCCC4N4CCOCC4)cc3)c(-c3ccc(OCCN4CCCC4)cc3)sc2c1. The van der Waals surface area contributed by atoms with Crippen LogP contribution in [0, 0.1) is 6.92 Å². The molecule has 3 aromatic carbocycles. The predicted molar refractivity (Wildman–Crippen MR) is 182 cm³/mol. The zero-order chi connectivity index (χ0) is 30.6. The number of carbonyl (C=O) groups excluding carboxylic acids is 1. The lowest BCUT2D eigenvalue weighted by molar-refractivity contribution is -0.0281. The Labute approximate surface area is 270 Å². The van der Waals surface area contributed by atoms with Gasteiger partial charge in [0, 0.05) is 51.8 Å². The van der Waals surface area contributed by atoms with Gasteiger partial charge >= 0.3 is 0 Å². The summed E-state index contributed by atoms with van der Waals surface area (Å²) in [6.45, 7) is 9.67. The Hall–Kier alpha value is -3.23. The minimum atomic E-state index is 0.0430. The van der Waals surface area contributed by atoms with E-state index in [0.29, 0.717) is 18.2 Å². The van der Waals surface area contributed by atoms with Crippen LogP contribution in [0.2, 0.25) is 0 Å². The Morgan fingerprint density at radius 2 is 1.60 bits per heavy atom. The van der Waals surface area contributed by atoms with E-state index in [1.807, 2.05) is 36.4 Å². The first-order valence-electron chi connectivity index (χ1n) is 16.7. The van der Waals surface area contributed by atoms with Gasteiger partial charge in [-0.25, -0.2) is 0 Å². The largest absolute Gasteiger partial charge is 0.492 e. The molecular weight excluding hydrogens is 580 g/mol. The Kier molecular flexibility index (Phi) is 9.49. The summed E-state index contributed by atoms with van der Waals surface area (Å²) in [5.74, 6) is 1.75. The maximum absolute atomic E-state index is 14.2. The first-order valence-corrected chi connectivity index (χ1v) is 17.6. The van der Waals surface area contributed by atoms with Crippen LogP contribution < -0.4 is 9.47 Å². The summed E-state index contributed by atoms with van der Waals surface area (Å²) in [5, 5.41) is 1.01. The van der Waals surface area contributed by atoms with Crippen molar-refractivity contribution >= 4 is 27.2 Å². The van der Waals surface area contributed by atoms with Gasteiger partial charge < -0.3 is 14.2 Å². The van der Waals surface area contributed by atoms with Crippen molar-refractivity contribution in [2.75, 3.05) is 52.5 Å². The van der Waals surface area contributed by atoms with Gasteiger partial charge in [-0.15, -0.1) is 11.3 Å². The molecular formula is C38H44N2O4S. The van der Waals surface area contributed by atoms with Gasteiger partial charge in [0.2, 0.25) is 0 Å². The quantitative estimate of drug-likeness (QED) is 0.169. The molecule has 45 heavy (non-hydrogen) atoms. The number of fused-ring (bicyclic) bond motifs is 1. The van der Waals surface area contributed by atoms with Crippen LogP contribution in [0.3, 0.4) is 0 Å². The van der Waals surface area contributed by atoms with E-state index in [9.17, 15) is 4.79 Å². The highest BCUT2D eigenvalue weighted by Crippen LogP contribution is 2.41. The summed E-state index contributed by atoms with van der Waals surface area (Å²) in [7, 11) is 0. The van der Waals surface area contributed by atoms with E-state index in [0.717, 1.165) is 76.9 Å². The van der Waals surface area contributed by atoms with Crippen molar-refractivity contribution in [3.63, 3.8) is 0 Å². The van der Waals surface area contributed by atoms with Crippen LogP contribution in [0.1, 0.15) is 60.0 Å². The molecule has 2 saturated heterocycles. The molecule has 1 aliphatic carbocycles. The van der Waals surface area contributed by atoms with Crippen molar-refractivity contribution in [1.82, 2.24) is 9.80 Å². The van der Waals surface area contributed by atoms with E-state index in [1.165, 1.54) is 50.8 Å². The van der Waals surface area contributed by atoms with Crippen LogP contribution in [-0.2, 0) is 4.74 Å². The number of carbonyl (C=O) groups is 1. The predicted octanol–water partition coefficient (Wildman–Crippen LogP) is 7.60. The van der Waals surface area contributed by atoms with Crippen LogP contribution in [0.25, 0.3) is 20.5 Å². The summed E-state index contributed by atoms with van der Waals surface area (Å²) >= 11 is 1.69. The summed E-state index contributed by atoms with van der Waals surface area (Å²) < 4.78 is 19.4. The zero-order valence-corrected chi connectivity index (χ0v) is 27.2. The number of likely N-dealkylation sites (tertiary alicyclic amines) is 1. The minimum Gasteiger partial charge on any atom is -0.492 e. The van der Waals surface area contributed by atoms with Gasteiger partial charge in [-0.05, 0) is 118 Å². The third-order valence-electron chi connectivity index (χ3n) is 9.65. The maximum atomic E-state index is 14.2. The Morgan fingerprint density at radius 3 is 2.38 bits per heavy atom. The standard InChI is InChI=1S/C38H44N2O4S/c1-27-8-17-32-35(26-27)45-38(29-11-13-30(14-12-29)43-25-20-39-18-4-5-19-39)36(32)37(41)28-9-15-31(16-10-28)44-34-7-3-2-6-33(34)40-21-23-42-24-22-40/h8-17,26,33-34H,2-7,18-25H2,1H3. The number of morpholine rings is 1.